The van der Waals surface area contributed by atoms with Gasteiger partial charge in [0, 0.05) is 18.1 Å². The van der Waals surface area contributed by atoms with Gasteiger partial charge in [-0.05, 0) is 32.7 Å². The highest BCUT2D eigenvalue weighted by Crippen LogP contribution is 2.18. The predicted octanol–water partition coefficient (Wildman–Crippen LogP) is 0.198. The molecule has 3 N–H and O–H groups in total. The molecule has 1 saturated heterocycles. The van der Waals surface area contributed by atoms with Gasteiger partial charge in [0.05, 0.1) is 0 Å². The van der Waals surface area contributed by atoms with E-state index < -0.39 is 0 Å². The van der Waals surface area contributed by atoms with E-state index in [4.69, 9.17) is 0 Å². The third-order valence-electron chi connectivity index (χ3n) is 2.75. The molecule has 0 radical (unpaired) electrons. The number of rotatable bonds is 2. The highest BCUT2D eigenvalue weighted by atomic mass is 16.2. The van der Waals surface area contributed by atoms with Crippen LogP contribution < -0.4 is 16.0 Å². The van der Waals surface area contributed by atoms with Crippen LogP contribution in [0.3, 0.4) is 0 Å². The summed E-state index contributed by atoms with van der Waals surface area (Å²) in [5, 5.41) is 9.21. The molecule has 0 spiro atoms. The van der Waals surface area contributed by atoms with Crippen molar-refractivity contribution in [2.24, 2.45) is 0 Å². The fourth-order valence-electron chi connectivity index (χ4n) is 1.68. The number of hydrogen-bond acceptors (Lipinski definition) is 2. The third kappa shape index (κ3) is 2.34. The second-order valence-corrected chi connectivity index (χ2v) is 4.03. The van der Waals surface area contributed by atoms with E-state index in [-0.39, 0.29) is 6.03 Å². The van der Waals surface area contributed by atoms with Gasteiger partial charge in [-0.15, -0.1) is 0 Å². The van der Waals surface area contributed by atoms with E-state index in [1.165, 1.54) is 0 Å². The van der Waals surface area contributed by atoms with Gasteiger partial charge in [-0.1, -0.05) is 0 Å². The van der Waals surface area contributed by atoms with E-state index in [1.54, 1.807) is 0 Å². The molecular weight excluding hydrogens is 166 g/mol. The van der Waals surface area contributed by atoms with Crippen LogP contribution in [0.25, 0.3) is 0 Å². The fraction of sp³-hybridized carbons (Fsp3) is 0.889. The van der Waals surface area contributed by atoms with Crippen molar-refractivity contribution < 1.29 is 4.79 Å². The van der Waals surface area contributed by atoms with E-state index in [1.807, 2.05) is 0 Å². The van der Waals surface area contributed by atoms with Crippen LogP contribution in [0.1, 0.15) is 26.2 Å². The van der Waals surface area contributed by atoms with E-state index in [0.29, 0.717) is 18.1 Å². The van der Waals surface area contributed by atoms with Crippen LogP contribution >= 0.6 is 0 Å². The van der Waals surface area contributed by atoms with Crippen molar-refractivity contribution in [3.8, 4) is 0 Å². The Balaban J connectivity index is 1.72. The first kappa shape index (κ1) is 8.81. The van der Waals surface area contributed by atoms with Crippen molar-refractivity contribution in [3.05, 3.63) is 0 Å². The SMILES string of the molecule is CC1NCCC1NC(=O)NC1CC1. The van der Waals surface area contributed by atoms with Crippen LogP contribution in [0.15, 0.2) is 0 Å². The third-order valence-corrected chi connectivity index (χ3v) is 2.75. The first-order chi connectivity index (χ1) is 6.25. The summed E-state index contributed by atoms with van der Waals surface area (Å²) in [6, 6.07) is 1.16. The molecule has 4 nitrogen and oxygen atoms in total. The lowest BCUT2D eigenvalue weighted by molar-refractivity contribution is 0.235. The molecule has 1 heterocycles. The molecule has 0 aromatic carbocycles. The van der Waals surface area contributed by atoms with Gasteiger partial charge in [0.2, 0.25) is 0 Å². The summed E-state index contributed by atoms with van der Waals surface area (Å²) in [5.41, 5.74) is 0. The van der Waals surface area contributed by atoms with Crippen LogP contribution in [0, 0.1) is 0 Å². The fourth-order valence-corrected chi connectivity index (χ4v) is 1.68. The van der Waals surface area contributed by atoms with Crippen LogP contribution in [-0.4, -0.2) is 30.7 Å². The molecule has 2 unspecified atom stereocenters. The minimum Gasteiger partial charge on any atom is -0.335 e. The average molecular weight is 183 g/mol. The molecule has 2 aliphatic rings. The number of nitrogens with one attached hydrogen (secondary N) is 3. The van der Waals surface area contributed by atoms with Crippen LogP contribution in [-0.2, 0) is 0 Å². The molecule has 13 heavy (non-hydrogen) atoms. The monoisotopic (exact) mass is 183 g/mol. The summed E-state index contributed by atoms with van der Waals surface area (Å²) in [4.78, 5) is 11.3. The Bertz CT molecular complexity index is 203. The Morgan fingerprint density at radius 1 is 1.31 bits per heavy atom. The van der Waals surface area contributed by atoms with E-state index in [0.717, 1.165) is 25.8 Å². The molecule has 4 heteroatoms. The zero-order valence-corrected chi connectivity index (χ0v) is 7.97. The molecule has 2 amide bonds. The molecule has 2 fully saturated rings. The summed E-state index contributed by atoms with van der Waals surface area (Å²) in [6.07, 6.45) is 3.33. The maximum Gasteiger partial charge on any atom is 0.315 e. The lowest BCUT2D eigenvalue weighted by atomic mass is 10.1. The molecule has 0 aromatic heterocycles. The Hall–Kier alpha value is -0.770. The summed E-state index contributed by atoms with van der Waals surface area (Å²) in [7, 11) is 0. The average Bonchev–Trinajstić information content (AvgIpc) is 2.79. The lowest BCUT2D eigenvalue weighted by Crippen LogP contribution is -2.47. The molecule has 74 valence electrons. The highest BCUT2D eigenvalue weighted by molar-refractivity contribution is 5.75. The van der Waals surface area contributed by atoms with E-state index >= 15 is 0 Å². The molecule has 1 saturated carbocycles. The van der Waals surface area contributed by atoms with E-state index in [9.17, 15) is 4.79 Å². The second-order valence-electron chi connectivity index (χ2n) is 4.03. The molecular formula is C9H17N3O. The van der Waals surface area contributed by atoms with Crippen molar-refractivity contribution in [2.45, 2.75) is 44.3 Å². The summed E-state index contributed by atoms with van der Waals surface area (Å²) < 4.78 is 0. The van der Waals surface area contributed by atoms with Crippen LogP contribution in [0.4, 0.5) is 4.79 Å². The van der Waals surface area contributed by atoms with Gasteiger partial charge in [0.25, 0.3) is 0 Å². The Morgan fingerprint density at radius 3 is 2.62 bits per heavy atom. The molecule has 2 rings (SSSR count). The first-order valence-electron chi connectivity index (χ1n) is 5.06. The summed E-state index contributed by atoms with van der Waals surface area (Å²) >= 11 is 0. The quantitative estimate of drug-likeness (QED) is 0.573. The first-order valence-corrected chi connectivity index (χ1v) is 5.06. The number of urea groups is 1. The number of carbonyl (C=O) groups is 1. The van der Waals surface area contributed by atoms with Crippen LogP contribution in [0.2, 0.25) is 0 Å². The van der Waals surface area contributed by atoms with Gasteiger partial charge in [-0.2, -0.15) is 0 Å². The Labute approximate surface area is 78.5 Å². The largest absolute Gasteiger partial charge is 0.335 e. The smallest absolute Gasteiger partial charge is 0.315 e. The maximum atomic E-state index is 11.3. The van der Waals surface area contributed by atoms with Crippen molar-refractivity contribution in [1.29, 1.82) is 0 Å². The van der Waals surface area contributed by atoms with Gasteiger partial charge in [0.15, 0.2) is 0 Å². The highest BCUT2D eigenvalue weighted by Gasteiger charge is 2.27. The van der Waals surface area contributed by atoms with Crippen molar-refractivity contribution in [2.75, 3.05) is 6.54 Å². The summed E-state index contributed by atoms with van der Waals surface area (Å²) in [5.74, 6) is 0. The number of amides is 2. The second kappa shape index (κ2) is 3.54. The van der Waals surface area contributed by atoms with Gasteiger partial charge in [-0.25, -0.2) is 4.79 Å². The number of carbonyl (C=O) groups excluding carboxylic acids is 1. The normalized spacial score (nSPS) is 33.0. The van der Waals surface area contributed by atoms with Crippen LogP contribution in [0.5, 0.6) is 0 Å². The Kier molecular flexibility index (Phi) is 2.40. The molecule has 1 aliphatic heterocycles. The molecule has 0 aromatic rings. The van der Waals surface area contributed by atoms with E-state index in [2.05, 4.69) is 22.9 Å². The topological polar surface area (TPSA) is 53.2 Å². The van der Waals surface area contributed by atoms with Gasteiger partial charge < -0.3 is 16.0 Å². The minimum absolute atomic E-state index is 0.00282. The van der Waals surface area contributed by atoms with Gasteiger partial charge >= 0.3 is 6.03 Å². The van der Waals surface area contributed by atoms with Crippen molar-refractivity contribution >= 4 is 6.03 Å². The minimum atomic E-state index is 0.00282. The molecule has 2 atom stereocenters. The predicted molar refractivity (Wildman–Crippen MR) is 50.6 cm³/mol. The maximum absolute atomic E-state index is 11.3. The summed E-state index contributed by atoms with van der Waals surface area (Å²) in [6.45, 7) is 3.12. The standard InChI is InChI=1S/C9H17N3O/c1-6-8(4-5-10-6)12-9(13)11-7-2-3-7/h6-8,10H,2-5H2,1H3,(H2,11,12,13). The zero-order valence-electron chi connectivity index (χ0n) is 7.97. The Morgan fingerprint density at radius 2 is 2.08 bits per heavy atom. The lowest BCUT2D eigenvalue weighted by Gasteiger charge is -2.17. The van der Waals surface area contributed by atoms with Crippen molar-refractivity contribution in [3.63, 3.8) is 0 Å². The molecule has 1 aliphatic carbocycles. The zero-order chi connectivity index (χ0) is 9.26. The van der Waals surface area contributed by atoms with Crippen molar-refractivity contribution in [1.82, 2.24) is 16.0 Å². The molecule has 0 bridgehead atoms. The van der Waals surface area contributed by atoms with Gasteiger partial charge in [0.1, 0.15) is 0 Å². The number of hydrogen-bond donors (Lipinski definition) is 3. The van der Waals surface area contributed by atoms with Gasteiger partial charge in [-0.3, -0.25) is 0 Å².